The lowest BCUT2D eigenvalue weighted by molar-refractivity contribution is -0.149. The monoisotopic (exact) mass is 252 g/mol. The van der Waals surface area contributed by atoms with Gasteiger partial charge in [-0.1, -0.05) is 6.07 Å². The zero-order valence-corrected chi connectivity index (χ0v) is 10.4. The van der Waals surface area contributed by atoms with Gasteiger partial charge >= 0.3 is 5.97 Å². The van der Waals surface area contributed by atoms with Crippen LogP contribution in [-0.4, -0.2) is 17.7 Å². The number of fused-ring (bicyclic) bond motifs is 1. The Labute approximate surface area is 106 Å². The zero-order valence-electron chi connectivity index (χ0n) is 10.4. The van der Waals surface area contributed by atoms with Gasteiger partial charge in [-0.2, -0.15) is 0 Å². The molecule has 0 saturated carbocycles. The molecule has 0 saturated heterocycles. The third kappa shape index (κ3) is 2.53. The van der Waals surface area contributed by atoms with E-state index < -0.39 is 17.4 Å². The van der Waals surface area contributed by atoms with Gasteiger partial charge in [0.15, 0.2) is 0 Å². The van der Waals surface area contributed by atoms with Crippen molar-refractivity contribution < 1.29 is 19.0 Å². The van der Waals surface area contributed by atoms with Gasteiger partial charge in [-0.05, 0) is 49.4 Å². The van der Waals surface area contributed by atoms with Crippen LogP contribution in [0.5, 0.6) is 0 Å². The molecule has 1 atom stereocenters. The van der Waals surface area contributed by atoms with Gasteiger partial charge in [0, 0.05) is 0 Å². The van der Waals surface area contributed by atoms with Crippen LogP contribution in [0, 0.1) is 5.82 Å². The molecular formula is C14H17FO3. The molecule has 0 spiro atoms. The molecule has 98 valence electrons. The number of benzene rings is 1. The summed E-state index contributed by atoms with van der Waals surface area (Å²) in [7, 11) is 0. The van der Waals surface area contributed by atoms with E-state index in [0.29, 0.717) is 12.0 Å². The molecule has 4 heteroatoms. The second kappa shape index (κ2) is 5.06. The first-order chi connectivity index (χ1) is 8.55. The van der Waals surface area contributed by atoms with Gasteiger partial charge in [0.25, 0.3) is 0 Å². The minimum atomic E-state index is -1.29. The highest BCUT2D eigenvalue weighted by atomic mass is 19.1. The fourth-order valence-corrected chi connectivity index (χ4v) is 2.54. The molecule has 1 unspecified atom stereocenters. The maximum absolute atomic E-state index is 13.3. The number of esters is 1. The smallest absolute Gasteiger partial charge is 0.309 e. The summed E-state index contributed by atoms with van der Waals surface area (Å²) in [6.07, 6.45) is 1.94. The van der Waals surface area contributed by atoms with E-state index in [-0.39, 0.29) is 13.0 Å². The largest absolute Gasteiger partial charge is 0.466 e. The molecule has 0 aromatic heterocycles. The van der Waals surface area contributed by atoms with E-state index in [0.717, 1.165) is 18.4 Å². The Balaban J connectivity index is 2.29. The second-order valence-corrected chi connectivity index (χ2v) is 4.67. The number of hydrogen-bond donors (Lipinski definition) is 1. The van der Waals surface area contributed by atoms with Crippen LogP contribution in [-0.2, 0) is 21.6 Å². The lowest BCUT2D eigenvalue weighted by Crippen LogP contribution is -2.34. The summed E-state index contributed by atoms with van der Waals surface area (Å²) >= 11 is 0. The van der Waals surface area contributed by atoms with Gasteiger partial charge in [0.1, 0.15) is 11.4 Å². The molecule has 3 nitrogen and oxygen atoms in total. The number of carbonyl (C=O) groups excluding carboxylic acids is 1. The van der Waals surface area contributed by atoms with Crippen LogP contribution in [0.2, 0.25) is 0 Å². The highest BCUT2D eigenvalue weighted by Crippen LogP contribution is 2.38. The summed E-state index contributed by atoms with van der Waals surface area (Å²) in [4.78, 5) is 11.5. The Bertz CT molecular complexity index is 458. The normalized spacial score (nSPS) is 22.4. The molecule has 0 heterocycles. The summed E-state index contributed by atoms with van der Waals surface area (Å²) in [5, 5.41) is 10.6. The number of aliphatic hydroxyl groups is 1. The van der Waals surface area contributed by atoms with E-state index in [1.54, 1.807) is 13.0 Å². The topological polar surface area (TPSA) is 46.5 Å². The molecule has 1 aliphatic carbocycles. The van der Waals surface area contributed by atoms with Crippen molar-refractivity contribution in [3.8, 4) is 0 Å². The third-order valence-electron chi connectivity index (χ3n) is 3.35. The highest BCUT2D eigenvalue weighted by Gasteiger charge is 2.37. The van der Waals surface area contributed by atoms with Crippen molar-refractivity contribution in [1.82, 2.24) is 0 Å². The van der Waals surface area contributed by atoms with E-state index in [1.165, 1.54) is 12.1 Å². The predicted molar refractivity (Wildman–Crippen MR) is 64.5 cm³/mol. The van der Waals surface area contributed by atoms with Gasteiger partial charge in [0.05, 0.1) is 13.0 Å². The lowest BCUT2D eigenvalue weighted by atomic mass is 9.77. The van der Waals surface area contributed by atoms with Crippen LogP contribution in [0.4, 0.5) is 4.39 Å². The SMILES string of the molecule is CCOC(=O)CC1(O)CCCc2ccc(F)cc21. The van der Waals surface area contributed by atoms with Crippen molar-refractivity contribution >= 4 is 5.97 Å². The molecule has 0 fully saturated rings. The fraction of sp³-hybridized carbons (Fsp3) is 0.500. The number of hydrogen-bond acceptors (Lipinski definition) is 3. The first-order valence-electron chi connectivity index (χ1n) is 6.22. The van der Waals surface area contributed by atoms with Gasteiger partial charge in [-0.25, -0.2) is 4.39 Å². The standard InChI is InChI=1S/C14H17FO3/c1-2-18-13(16)9-14(17)7-3-4-10-5-6-11(15)8-12(10)14/h5-6,8,17H,2-4,7,9H2,1H3. The van der Waals surface area contributed by atoms with E-state index in [1.807, 2.05) is 0 Å². The minimum Gasteiger partial charge on any atom is -0.466 e. The summed E-state index contributed by atoms with van der Waals surface area (Å²) in [6.45, 7) is 2.00. The van der Waals surface area contributed by atoms with Crippen molar-refractivity contribution in [3.63, 3.8) is 0 Å². The number of halogens is 1. The van der Waals surface area contributed by atoms with Crippen molar-refractivity contribution in [2.45, 2.75) is 38.2 Å². The van der Waals surface area contributed by atoms with Crippen LogP contribution in [0.3, 0.4) is 0 Å². The Morgan fingerprint density at radius 1 is 1.56 bits per heavy atom. The van der Waals surface area contributed by atoms with Gasteiger partial charge in [0.2, 0.25) is 0 Å². The molecule has 2 rings (SSSR count). The van der Waals surface area contributed by atoms with E-state index in [9.17, 15) is 14.3 Å². The zero-order chi connectivity index (χ0) is 13.2. The molecule has 0 aliphatic heterocycles. The number of carbonyl (C=O) groups is 1. The van der Waals surface area contributed by atoms with Crippen molar-refractivity contribution in [3.05, 3.63) is 35.1 Å². The molecule has 0 amide bonds. The third-order valence-corrected chi connectivity index (χ3v) is 3.35. The van der Waals surface area contributed by atoms with Crippen LogP contribution < -0.4 is 0 Å². The van der Waals surface area contributed by atoms with Crippen LogP contribution in [0.25, 0.3) is 0 Å². The molecule has 1 aromatic rings. The summed E-state index contributed by atoms with van der Waals surface area (Å²) in [5.74, 6) is -0.838. The molecule has 1 aliphatic rings. The van der Waals surface area contributed by atoms with Crippen LogP contribution in [0.15, 0.2) is 18.2 Å². The van der Waals surface area contributed by atoms with E-state index in [4.69, 9.17) is 4.74 Å². The Kier molecular flexibility index (Phi) is 3.66. The number of rotatable bonds is 3. The quantitative estimate of drug-likeness (QED) is 0.840. The molecule has 0 radical (unpaired) electrons. The van der Waals surface area contributed by atoms with Crippen LogP contribution >= 0.6 is 0 Å². The van der Waals surface area contributed by atoms with Gasteiger partial charge in [-0.15, -0.1) is 0 Å². The molecule has 1 N–H and O–H groups in total. The maximum atomic E-state index is 13.3. The average Bonchev–Trinajstić information content (AvgIpc) is 2.30. The molecule has 0 bridgehead atoms. The van der Waals surface area contributed by atoms with Crippen molar-refractivity contribution in [1.29, 1.82) is 0 Å². The summed E-state index contributed by atoms with van der Waals surface area (Å²) < 4.78 is 18.2. The molecule has 1 aromatic carbocycles. The predicted octanol–water partition coefficient (Wildman–Crippen LogP) is 2.30. The van der Waals surface area contributed by atoms with Gasteiger partial charge in [-0.3, -0.25) is 4.79 Å². The Hall–Kier alpha value is -1.42. The Morgan fingerprint density at radius 3 is 3.06 bits per heavy atom. The summed E-state index contributed by atoms with van der Waals surface area (Å²) in [6, 6.07) is 4.39. The first-order valence-corrected chi connectivity index (χ1v) is 6.22. The minimum absolute atomic E-state index is 0.114. The van der Waals surface area contributed by atoms with E-state index >= 15 is 0 Å². The maximum Gasteiger partial charge on any atom is 0.309 e. The number of aryl methyl sites for hydroxylation is 1. The fourth-order valence-electron chi connectivity index (χ4n) is 2.54. The number of ether oxygens (including phenoxy) is 1. The average molecular weight is 252 g/mol. The van der Waals surface area contributed by atoms with Crippen molar-refractivity contribution in [2.75, 3.05) is 6.61 Å². The van der Waals surface area contributed by atoms with Gasteiger partial charge < -0.3 is 9.84 Å². The lowest BCUT2D eigenvalue weighted by Gasteiger charge is -2.33. The molecule has 18 heavy (non-hydrogen) atoms. The summed E-state index contributed by atoms with van der Waals surface area (Å²) in [5.41, 5.74) is 0.151. The van der Waals surface area contributed by atoms with Crippen LogP contribution in [0.1, 0.15) is 37.3 Å². The highest BCUT2D eigenvalue weighted by molar-refractivity contribution is 5.71. The first kappa shape index (κ1) is 13.0. The Morgan fingerprint density at radius 2 is 2.33 bits per heavy atom. The van der Waals surface area contributed by atoms with Crippen molar-refractivity contribution in [2.24, 2.45) is 0 Å². The molecular weight excluding hydrogens is 235 g/mol. The van der Waals surface area contributed by atoms with E-state index in [2.05, 4.69) is 0 Å². The second-order valence-electron chi connectivity index (χ2n) is 4.67.